The Morgan fingerprint density at radius 1 is 1.32 bits per heavy atom. The second-order valence-electron chi connectivity index (χ2n) is 5.91. The van der Waals surface area contributed by atoms with Gasteiger partial charge in [0.2, 0.25) is 5.82 Å². The Labute approximate surface area is 161 Å². The second-order valence-corrected chi connectivity index (χ2v) is 7.14. The summed E-state index contributed by atoms with van der Waals surface area (Å²) in [5, 5.41) is 1.33. The van der Waals surface area contributed by atoms with Crippen molar-refractivity contribution in [1.29, 1.82) is 0 Å². The molecule has 0 bridgehead atoms. The zero-order chi connectivity index (χ0) is 18.1. The summed E-state index contributed by atoms with van der Waals surface area (Å²) in [4.78, 5) is 19.1. The van der Waals surface area contributed by atoms with Gasteiger partial charge in [0.1, 0.15) is 5.15 Å². The van der Waals surface area contributed by atoms with E-state index in [0.29, 0.717) is 23.2 Å². The molecule has 0 aliphatic carbocycles. The molecule has 2 aromatic rings. The lowest BCUT2D eigenvalue weighted by Gasteiger charge is -2.23. The van der Waals surface area contributed by atoms with Gasteiger partial charge in [-0.1, -0.05) is 41.7 Å². The number of anilines is 2. The average molecular weight is 403 g/mol. The van der Waals surface area contributed by atoms with Gasteiger partial charge in [-0.3, -0.25) is 4.79 Å². The molecule has 0 amide bonds. The molecule has 5 nitrogen and oxygen atoms in total. The maximum absolute atomic E-state index is 13.0. The minimum absolute atomic E-state index is 0.112. The van der Waals surface area contributed by atoms with Crippen LogP contribution in [0.3, 0.4) is 0 Å². The third-order valence-electron chi connectivity index (χ3n) is 4.35. The predicted molar refractivity (Wildman–Crippen MR) is 102 cm³/mol. The van der Waals surface area contributed by atoms with E-state index >= 15 is 0 Å². The van der Waals surface area contributed by atoms with E-state index in [0.717, 1.165) is 24.1 Å². The first-order valence-corrected chi connectivity index (χ1v) is 9.12. The fourth-order valence-corrected chi connectivity index (χ4v) is 3.99. The number of benzene rings is 1. The van der Waals surface area contributed by atoms with Crippen LogP contribution in [0.25, 0.3) is 0 Å². The van der Waals surface area contributed by atoms with Gasteiger partial charge in [0, 0.05) is 24.9 Å². The summed E-state index contributed by atoms with van der Waals surface area (Å²) in [7, 11) is 1.61. The van der Waals surface area contributed by atoms with Crippen LogP contribution in [0.4, 0.5) is 11.5 Å². The normalized spacial score (nSPS) is 14.7. The fraction of sp³-hybridized carbons (Fsp3) is 0.412. The Kier molecular flexibility index (Phi) is 5.58. The van der Waals surface area contributed by atoms with Crippen molar-refractivity contribution in [3.8, 4) is 0 Å². The highest BCUT2D eigenvalue weighted by Gasteiger charge is 2.28. The summed E-state index contributed by atoms with van der Waals surface area (Å²) in [6, 6.07) is 3.42. The van der Waals surface area contributed by atoms with E-state index < -0.39 is 0 Å². The lowest BCUT2D eigenvalue weighted by atomic mass is 10.2. The number of hydrogen-bond acceptors (Lipinski definition) is 4. The fourth-order valence-electron chi connectivity index (χ4n) is 3.17. The summed E-state index contributed by atoms with van der Waals surface area (Å²) in [6.07, 6.45) is 3.03. The van der Waals surface area contributed by atoms with E-state index in [1.165, 1.54) is 0 Å². The number of halogens is 3. The lowest BCUT2D eigenvalue weighted by Crippen LogP contribution is -2.33. The van der Waals surface area contributed by atoms with E-state index in [2.05, 4.69) is 4.98 Å². The Hall–Kier alpha value is -1.27. The smallest absolute Gasteiger partial charge is 0.294 e. The maximum atomic E-state index is 13.0. The topological polar surface area (TPSA) is 47.4 Å². The molecule has 1 aliphatic rings. The highest BCUT2D eigenvalue weighted by Crippen LogP contribution is 2.40. The Bertz CT molecular complexity index is 854. The van der Waals surface area contributed by atoms with Crippen LogP contribution >= 0.6 is 34.8 Å². The molecule has 2 heterocycles. The number of fused-ring (bicyclic) bond motifs is 1. The lowest BCUT2D eigenvalue weighted by molar-refractivity contribution is 0.151. The molecule has 25 heavy (non-hydrogen) atoms. The van der Waals surface area contributed by atoms with Gasteiger partial charge in [0.15, 0.2) is 0 Å². The van der Waals surface area contributed by atoms with Crippen LogP contribution in [0.2, 0.25) is 15.2 Å². The molecule has 0 spiro atoms. The van der Waals surface area contributed by atoms with Crippen molar-refractivity contribution in [3.05, 3.63) is 49.4 Å². The van der Waals surface area contributed by atoms with Gasteiger partial charge in [-0.15, -0.1) is 0 Å². The molecule has 0 radical (unpaired) electrons. The van der Waals surface area contributed by atoms with Crippen molar-refractivity contribution in [2.24, 2.45) is 0 Å². The van der Waals surface area contributed by atoms with Crippen molar-refractivity contribution >= 4 is 46.3 Å². The molecular weight excluding hydrogens is 385 g/mol. The summed E-state index contributed by atoms with van der Waals surface area (Å²) < 4.78 is 6.82. The van der Waals surface area contributed by atoms with Gasteiger partial charge >= 0.3 is 0 Å². The first kappa shape index (κ1) is 18.5. The minimum atomic E-state index is -0.216. The van der Waals surface area contributed by atoms with Crippen molar-refractivity contribution in [2.45, 2.75) is 25.8 Å². The molecular formula is C17H18Cl3N3O2. The molecule has 134 valence electrons. The van der Waals surface area contributed by atoms with Gasteiger partial charge < -0.3 is 14.2 Å². The Morgan fingerprint density at radius 3 is 2.76 bits per heavy atom. The van der Waals surface area contributed by atoms with Gasteiger partial charge in [-0.25, -0.2) is 4.98 Å². The molecule has 0 saturated heterocycles. The summed E-state index contributed by atoms with van der Waals surface area (Å²) in [5.41, 5.74) is 1.55. The standard InChI is InChI=1S/C17H18Cl3N3O2/c1-3-12(9-25-2)23-8-14(20)21-16(17(23)24)22-5-4-10-6-11(18)7-13(19)15(10)22/h6-8,12H,3-5,9H2,1-2H3/t12-/m1/s1. The maximum Gasteiger partial charge on any atom is 0.294 e. The van der Waals surface area contributed by atoms with Crippen LogP contribution in [-0.4, -0.2) is 29.8 Å². The molecule has 0 saturated carbocycles. The van der Waals surface area contributed by atoms with Crippen molar-refractivity contribution in [1.82, 2.24) is 9.55 Å². The largest absolute Gasteiger partial charge is 0.383 e. The van der Waals surface area contributed by atoms with Crippen LogP contribution in [-0.2, 0) is 11.2 Å². The van der Waals surface area contributed by atoms with E-state index in [1.54, 1.807) is 23.9 Å². The summed E-state index contributed by atoms with van der Waals surface area (Å²) in [5.74, 6) is 0.269. The van der Waals surface area contributed by atoms with Crippen molar-refractivity contribution in [3.63, 3.8) is 0 Å². The van der Waals surface area contributed by atoms with Gasteiger partial charge in [-0.05, 0) is 30.5 Å². The SMILES string of the molecule is CC[C@H](COC)n1cc(Cl)nc(N2CCc3cc(Cl)cc(Cl)c32)c1=O. The number of aromatic nitrogens is 2. The summed E-state index contributed by atoms with van der Waals surface area (Å²) in [6.45, 7) is 3.01. The molecule has 1 aliphatic heterocycles. The molecule has 1 atom stereocenters. The summed E-state index contributed by atoms with van der Waals surface area (Å²) >= 11 is 18.7. The Balaban J connectivity index is 2.12. The zero-order valence-corrected chi connectivity index (χ0v) is 16.2. The molecule has 3 rings (SSSR count). The number of methoxy groups -OCH3 is 1. The molecule has 1 aromatic carbocycles. The molecule has 0 N–H and O–H groups in total. The second kappa shape index (κ2) is 7.54. The number of nitrogens with zero attached hydrogens (tertiary/aromatic N) is 3. The highest BCUT2D eigenvalue weighted by atomic mass is 35.5. The van der Waals surface area contributed by atoms with Gasteiger partial charge in [0.25, 0.3) is 5.56 Å². The van der Waals surface area contributed by atoms with Crippen molar-refractivity contribution < 1.29 is 4.74 Å². The molecule has 8 heteroatoms. The zero-order valence-electron chi connectivity index (χ0n) is 13.9. The van der Waals surface area contributed by atoms with Crippen LogP contribution in [0.1, 0.15) is 24.9 Å². The van der Waals surface area contributed by atoms with E-state index in [1.807, 2.05) is 17.9 Å². The first-order valence-electron chi connectivity index (χ1n) is 7.99. The average Bonchev–Trinajstić information content (AvgIpc) is 2.98. The quantitative estimate of drug-likeness (QED) is 0.739. The van der Waals surface area contributed by atoms with Crippen LogP contribution in [0, 0.1) is 0 Å². The number of hydrogen-bond donors (Lipinski definition) is 0. The Morgan fingerprint density at radius 2 is 2.08 bits per heavy atom. The van der Waals surface area contributed by atoms with Crippen molar-refractivity contribution in [2.75, 3.05) is 25.2 Å². The number of rotatable bonds is 5. The van der Waals surface area contributed by atoms with Crippen LogP contribution in [0.15, 0.2) is 23.1 Å². The molecule has 1 aromatic heterocycles. The third kappa shape index (κ3) is 3.51. The van der Waals surface area contributed by atoms with Crippen LogP contribution < -0.4 is 10.5 Å². The van der Waals surface area contributed by atoms with E-state index in [-0.39, 0.29) is 22.6 Å². The van der Waals surface area contributed by atoms with Gasteiger partial charge in [-0.2, -0.15) is 0 Å². The van der Waals surface area contributed by atoms with E-state index in [9.17, 15) is 4.79 Å². The number of ether oxygens (including phenoxy) is 1. The monoisotopic (exact) mass is 401 g/mol. The predicted octanol–water partition coefficient (Wildman–Crippen LogP) is 4.50. The highest BCUT2D eigenvalue weighted by molar-refractivity contribution is 6.37. The minimum Gasteiger partial charge on any atom is -0.383 e. The molecule has 0 unspecified atom stereocenters. The van der Waals surface area contributed by atoms with E-state index in [4.69, 9.17) is 39.5 Å². The first-order chi connectivity index (χ1) is 12.0. The van der Waals surface area contributed by atoms with Crippen LogP contribution in [0.5, 0.6) is 0 Å². The van der Waals surface area contributed by atoms with Gasteiger partial charge in [0.05, 0.1) is 23.4 Å². The molecule has 0 fully saturated rings. The third-order valence-corrected chi connectivity index (χ3v) is 5.03.